The fourth-order valence-electron chi connectivity index (χ4n) is 3.13. The third kappa shape index (κ3) is 4.68. The Labute approximate surface area is 185 Å². The number of amides is 1. The summed E-state index contributed by atoms with van der Waals surface area (Å²) in [6.45, 7) is 3.21. The maximum absolute atomic E-state index is 12.9. The van der Waals surface area contributed by atoms with Crippen molar-refractivity contribution in [3.8, 4) is 0 Å². The van der Waals surface area contributed by atoms with Crippen LogP contribution in [0.25, 0.3) is 5.78 Å². The molecule has 2 heterocycles. The first-order valence-electron chi connectivity index (χ1n) is 10.0. The van der Waals surface area contributed by atoms with Crippen molar-refractivity contribution < 1.29 is 17.9 Å². The number of fused-ring (bicyclic) bond motifs is 1. The van der Waals surface area contributed by atoms with Crippen LogP contribution in [-0.4, -0.2) is 35.3 Å². The van der Waals surface area contributed by atoms with Gasteiger partial charge < -0.3 is 10.1 Å². The lowest BCUT2D eigenvalue weighted by Gasteiger charge is -2.09. The van der Waals surface area contributed by atoms with Gasteiger partial charge in [0.1, 0.15) is 0 Å². The molecule has 0 unspecified atom stereocenters. The third-order valence-corrected chi connectivity index (χ3v) is 6.69. The van der Waals surface area contributed by atoms with E-state index in [1.54, 1.807) is 71.5 Å². The van der Waals surface area contributed by atoms with Crippen LogP contribution in [-0.2, 0) is 27.7 Å². The Morgan fingerprint density at radius 2 is 1.66 bits per heavy atom. The summed E-state index contributed by atoms with van der Waals surface area (Å²) in [6.07, 6.45) is 6.44. The summed E-state index contributed by atoms with van der Waals surface area (Å²) in [6, 6.07) is 13.1. The molecular weight excluding hydrogens is 428 g/mol. The fourth-order valence-corrected chi connectivity index (χ4v) is 4.39. The average Bonchev–Trinajstić information content (AvgIpc) is 3.30. The molecule has 164 valence electrons. The average molecular weight is 451 g/mol. The van der Waals surface area contributed by atoms with Crippen LogP contribution in [0.15, 0.2) is 83.1 Å². The van der Waals surface area contributed by atoms with Gasteiger partial charge in [-0.15, -0.1) is 0 Å². The minimum atomic E-state index is -3.63. The van der Waals surface area contributed by atoms with Crippen molar-refractivity contribution in [2.75, 3.05) is 6.61 Å². The number of carbonyl (C=O) groups is 1. The molecule has 0 fully saturated rings. The van der Waals surface area contributed by atoms with Gasteiger partial charge in [0.25, 0.3) is 5.91 Å². The highest BCUT2D eigenvalue weighted by molar-refractivity contribution is 7.91. The van der Waals surface area contributed by atoms with Gasteiger partial charge in [0.15, 0.2) is 0 Å². The van der Waals surface area contributed by atoms with E-state index < -0.39 is 9.84 Å². The molecule has 9 heteroatoms. The lowest BCUT2D eigenvalue weighted by atomic mass is 10.2. The predicted molar refractivity (Wildman–Crippen MR) is 118 cm³/mol. The molecule has 1 N–H and O–H groups in total. The van der Waals surface area contributed by atoms with Crippen molar-refractivity contribution >= 4 is 21.5 Å². The SMILES string of the molecule is CCOCc1ccc(S(=O)(=O)c2ccc(CNC(=O)c3cnc4nccn4c3)cc2)cc1. The molecule has 0 aliphatic carbocycles. The molecule has 0 saturated heterocycles. The first-order chi connectivity index (χ1) is 15.5. The Morgan fingerprint density at radius 1 is 1.00 bits per heavy atom. The van der Waals surface area contributed by atoms with E-state index in [4.69, 9.17) is 4.74 Å². The molecule has 0 bridgehead atoms. The molecule has 0 aliphatic heterocycles. The Morgan fingerprint density at radius 3 is 2.31 bits per heavy atom. The van der Waals surface area contributed by atoms with E-state index >= 15 is 0 Å². The van der Waals surface area contributed by atoms with E-state index in [0.717, 1.165) is 11.1 Å². The maximum atomic E-state index is 12.9. The highest BCUT2D eigenvalue weighted by Gasteiger charge is 2.17. The number of benzene rings is 2. The normalized spacial score (nSPS) is 11.5. The molecular formula is C23H22N4O4S. The Hall–Kier alpha value is -3.56. The van der Waals surface area contributed by atoms with Gasteiger partial charge >= 0.3 is 0 Å². The van der Waals surface area contributed by atoms with Gasteiger partial charge in [-0.25, -0.2) is 18.4 Å². The number of nitrogens with one attached hydrogen (secondary N) is 1. The van der Waals surface area contributed by atoms with Gasteiger partial charge in [-0.05, 0) is 42.3 Å². The molecule has 4 aromatic rings. The van der Waals surface area contributed by atoms with E-state index in [1.807, 2.05) is 6.92 Å². The minimum absolute atomic E-state index is 0.194. The Balaban J connectivity index is 1.41. The second kappa shape index (κ2) is 9.29. The molecule has 0 aliphatic rings. The van der Waals surface area contributed by atoms with Crippen molar-refractivity contribution in [3.63, 3.8) is 0 Å². The van der Waals surface area contributed by atoms with Gasteiger partial charge in [0.05, 0.1) is 22.0 Å². The Bertz CT molecular complexity index is 1330. The highest BCUT2D eigenvalue weighted by atomic mass is 32.2. The second-order valence-electron chi connectivity index (χ2n) is 7.09. The van der Waals surface area contributed by atoms with Crippen molar-refractivity contribution in [3.05, 3.63) is 90.0 Å². The number of hydrogen-bond acceptors (Lipinski definition) is 6. The van der Waals surface area contributed by atoms with Crippen LogP contribution in [0.5, 0.6) is 0 Å². The first-order valence-corrected chi connectivity index (χ1v) is 11.5. The molecule has 32 heavy (non-hydrogen) atoms. The smallest absolute Gasteiger partial charge is 0.254 e. The molecule has 4 rings (SSSR count). The zero-order chi connectivity index (χ0) is 22.6. The van der Waals surface area contributed by atoms with E-state index in [-0.39, 0.29) is 22.2 Å². The van der Waals surface area contributed by atoms with Crippen LogP contribution in [0.3, 0.4) is 0 Å². The summed E-state index contributed by atoms with van der Waals surface area (Å²) in [4.78, 5) is 21.0. The molecule has 8 nitrogen and oxygen atoms in total. The van der Waals surface area contributed by atoms with Gasteiger partial charge in [-0.2, -0.15) is 0 Å². The first kappa shape index (κ1) is 21.7. The van der Waals surface area contributed by atoms with E-state index in [1.165, 1.54) is 6.20 Å². The number of rotatable bonds is 8. The van der Waals surface area contributed by atoms with Gasteiger partial charge in [-0.3, -0.25) is 9.20 Å². The summed E-state index contributed by atoms with van der Waals surface area (Å²) >= 11 is 0. The number of imidazole rings is 1. The fraction of sp³-hybridized carbons (Fsp3) is 0.174. The van der Waals surface area contributed by atoms with E-state index in [2.05, 4.69) is 15.3 Å². The van der Waals surface area contributed by atoms with Crippen molar-refractivity contribution in [1.29, 1.82) is 0 Å². The molecule has 2 aromatic carbocycles. The third-order valence-electron chi connectivity index (χ3n) is 4.90. The number of aromatic nitrogens is 3. The van der Waals surface area contributed by atoms with Crippen molar-refractivity contribution in [1.82, 2.24) is 19.7 Å². The standard InChI is InChI=1S/C23H22N4O4S/c1-2-31-16-18-5-9-21(10-6-18)32(29,30)20-7-3-17(4-8-20)13-25-22(28)19-14-26-23-24-11-12-27(23)15-19/h3-12,14-15H,2,13,16H2,1H3,(H,25,28). The zero-order valence-corrected chi connectivity index (χ0v) is 18.2. The van der Waals surface area contributed by atoms with Gasteiger partial charge in [0.2, 0.25) is 15.6 Å². The van der Waals surface area contributed by atoms with Crippen LogP contribution >= 0.6 is 0 Å². The number of carbonyl (C=O) groups excluding carboxylic acids is 1. The van der Waals surface area contributed by atoms with Crippen LogP contribution in [0.4, 0.5) is 0 Å². The number of hydrogen-bond donors (Lipinski definition) is 1. The molecule has 2 aromatic heterocycles. The summed E-state index contributed by atoms with van der Waals surface area (Å²) in [5.41, 5.74) is 2.10. The highest BCUT2D eigenvalue weighted by Crippen LogP contribution is 2.22. The van der Waals surface area contributed by atoms with Gasteiger partial charge in [0, 0.05) is 37.9 Å². The molecule has 1 amide bonds. The monoisotopic (exact) mass is 450 g/mol. The zero-order valence-electron chi connectivity index (χ0n) is 17.4. The summed E-state index contributed by atoms with van der Waals surface area (Å²) in [5, 5.41) is 2.81. The molecule has 0 spiro atoms. The predicted octanol–water partition coefficient (Wildman–Crippen LogP) is 3.03. The molecule has 0 saturated carbocycles. The van der Waals surface area contributed by atoms with Crippen molar-refractivity contribution in [2.24, 2.45) is 0 Å². The van der Waals surface area contributed by atoms with Crippen LogP contribution in [0, 0.1) is 0 Å². The maximum Gasteiger partial charge on any atom is 0.254 e. The summed E-state index contributed by atoms with van der Waals surface area (Å²) < 4.78 is 32.8. The van der Waals surface area contributed by atoms with Crippen LogP contribution < -0.4 is 5.32 Å². The lowest BCUT2D eigenvalue weighted by molar-refractivity contribution is 0.0950. The van der Waals surface area contributed by atoms with Crippen LogP contribution in [0.2, 0.25) is 0 Å². The quantitative estimate of drug-likeness (QED) is 0.443. The number of sulfone groups is 1. The topological polar surface area (TPSA) is 103 Å². The number of ether oxygens (including phenoxy) is 1. The summed E-state index contributed by atoms with van der Waals surface area (Å²) in [7, 11) is -3.63. The van der Waals surface area contributed by atoms with E-state index in [9.17, 15) is 13.2 Å². The molecule has 0 radical (unpaired) electrons. The van der Waals surface area contributed by atoms with Crippen LogP contribution in [0.1, 0.15) is 28.4 Å². The molecule has 0 atom stereocenters. The van der Waals surface area contributed by atoms with Gasteiger partial charge in [-0.1, -0.05) is 24.3 Å². The minimum Gasteiger partial charge on any atom is -0.377 e. The number of nitrogens with zero attached hydrogens (tertiary/aromatic N) is 3. The van der Waals surface area contributed by atoms with Crippen molar-refractivity contribution in [2.45, 2.75) is 29.9 Å². The Kier molecular flexibility index (Phi) is 6.29. The summed E-state index contributed by atoms with van der Waals surface area (Å²) in [5.74, 6) is 0.235. The van der Waals surface area contributed by atoms with E-state index in [0.29, 0.717) is 24.6 Å². The largest absolute Gasteiger partial charge is 0.377 e. The lowest BCUT2D eigenvalue weighted by Crippen LogP contribution is -2.23. The second-order valence-corrected chi connectivity index (χ2v) is 9.04.